The Balaban J connectivity index is 2.33. The second-order valence-corrected chi connectivity index (χ2v) is 7.09. The van der Waals surface area contributed by atoms with Crippen LogP contribution >= 0.6 is 0 Å². The minimum Gasteiger partial charge on any atom is -0.469 e. The fourth-order valence-electron chi connectivity index (χ4n) is 2.89. The number of esters is 1. The number of ether oxygens (including phenoxy) is 1. The molecule has 116 valence electrons. The highest BCUT2D eigenvalue weighted by atomic mass is 32.2. The standard InChI is InChI=1S/C14H20N2O4S/c1-3-16(11-7-9-15-10-8-11)21(18,19)13-6-4-5-12(13)14(17)20-2/h7-10,12-13H,3-6H2,1-2H3. The number of aromatic nitrogens is 1. The second-order valence-electron chi connectivity index (χ2n) is 5.01. The number of methoxy groups -OCH3 is 1. The maximum Gasteiger partial charge on any atom is 0.310 e. The maximum atomic E-state index is 12.9. The first-order chi connectivity index (χ1) is 10.0. The first kappa shape index (κ1) is 15.8. The van der Waals surface area contributed by atoms with E-state index in [0.29, 0.717) is 25.1 Å². The Labute approximate surface area is 125 Å². The van der Waals surface area contributed by atoms with Gasteiger partial charge in [0, 0.05) is 18.9 Å². The Hall–Kier alpha value is -1.63. The topological polar surface area (TPSA) is 76.6 Å². The molecule has 0 amide bonds. The van der Waals surface area contributed by atoms with Crippen LogP contribution in [0, 0.1) is 5.92 Å². The van der Waals surface area contributed by atoms with Crippen molar-refractivity contribution in [2.75, 3.05) is 18.0 Å². The van der Waals surface area contributed by atoms with Crippen LogP contribution in [0.15, 0.2) is 24.5 Å². The number of pyridine rings is 1. The van der Waals surface area contributed by atoms with Crippen LogP contribution in [0.2, 0.25) is 0 Å². The molecule has 0 aliphatic heterocycles. The molecule has 21 heavy (non-hydrogen) atoms. The fourth-order valence-corrected chi connectivity index (χ4v) is 5.12. The van der Waals surface area contributed by atoms with Crippen molar-refractivity contribution < 1.29 is 17.9 Å². The number of hydrogen-bond donors (Lipinski definition) is 0. The first-order valence-corrected chi connectivity index (χ1v) is 8.52. The smallest absolute Gasteiger partial charge is 0.310 e. The highest BCUT2D eigenvalue weighted by molar-refractivity contribution is 7.93. The van der Waals surface area contributed by atoms with Gasteiger partial charge in [0.05, 0.1) is 24.0 Å². The van der Waals surface area contributed by atoms with E-state index in [-0.39, 0.29) is 0 Å². The molecule has 0 radical (unpaired) electrons. The molecule has 2 atom stereocenters. The van der Waals surface area contributed by atoms with E-state index >= 15 is 0 Å². The summed E-state index contributed by atoms with van der Waals surface area (Å²) in [5.41, 5.74) is 0.572. The van der Waals surface area contributed by atoms with Crippen LogP contribution < -0.4 is 4.31 Å². The van der Waals surface area contributed by atoms with E-state index in [2.05, 4.69) is 4.98 Å². The molecule has 7 heteroatoms. The van der Waals surface area contributed by atoms with Crippen molar-refractivity contribution in [1.82, 2.24) is 4.98 Å². The van der Waals surface area contributed by atoms with E-state index in [0.717, 1.165) is 6.42 Å². The fraction of sp³-hybridized carbons (Fsp3) is 0.571. The Bertz CT molecular complexity index is 588. The SMILES string of the molecule is CCN(c1ccncc1)S(=O)(=O)C1CCCC1C(=O)OC. The zero-order chi connectivity index (χ0) is 15.5. The van der Waals surface area contributed by atoms with Crippen LogP contribution in [0.4, 0.5) is 5.69 Å². The molecule has 0 spiro atoms. The number of hydrogen-bond acceptors (Lipinski definition) is 5. The molecular formula is C14H20N2O4S. The van der Waals surface area contributed by atoms with Gasteiger partial charge in [-0.15, -0.1) is 0 Å². The summed E-state index contributed by atoms with van der Waals surface area (Å²) >= 11 is 0. The molecule has 1 saturated carbocycles. The summed E-state index contributed by atoms with van der Waals surface area (Å²) in [6, 6.07) is 3.31. The lowest BCUT2D eigenvalue weighted by Crippen LogP contribution is -2.42. The highest BCUT2D eigenvalue weighted by Crippen LogP contribution is 2.35. The number of carbonyl (C=O) groups excluding carboxylic acids is 1. The number of rotatable bonds is 5. The summed E-state index contributed by atoms with van der Waals surface area (Å²) < 4.78 is 31.9. The highest BCUT2D eigenvalue weighted by Gasteiger charge is 2.44. The summed E-state index contributed by atoms with van der Waals surface area (Å²) in [6.45, 7) is 2.09. The molecule has 1 aromatic heterocycles. The third-order valence-electron chi connectivity index (χ3n) is 3.88. The molecule has 0 N–H and O–H groups in total. The lowest BCUT2D eigenvalue weighted by molar-refractivity contribution is -0.145. The first-order valence-electron chi connectivity index (χ1n) is 7.01. The molecule has 6 nitrogen and oxygen atoms in total. The van der Waals surface area contributed by atoms with Crippen LogP contribution in [0.5, 0.6) is 0 Å². The minimum atomic E-state index is -3.60. The molecule has 0 aromatic carbocycles. The molecule has 2 rings (SSSR count). The predicted molar refractivity (Wildman–Crippen MR) is 79.3 cm³/mol. The Morgan fingerprint density at radius 2 is 2.05 bits per heavy atom. The normalized spacial score (nSPS) is 22.0. The monoisotopic (exact) mass is 312 g/mol. The molecule has 1 aliphatic carbocycles. The van der Waals surface area contributed by atoms with Crippen molar-refractivity contribution in [3.05, 3.63) is 24.5 Å². The van der Waals surface area contributed by atoms with Gasteiger partial charge in [0.1, 0.15) is 0 Å². The van der Waals surface area contributed by atoms with Crippen molar-refractivity contribution in [2.45, 2.75) is 31.4 Å². The van der Waals surface area contributed by atoms with Crippen molar-refractivity contribution in [3.63, 3.8) is 0 Å². The van der Waals surface area contributed by atoms with Gasteiger partial charge in [-0.1, -0.05) is 6.42 Å². The van der Waals surface area contributed by atoms with Gasteiger partial charge in [-0.2, -0.15) is 0 Å². The van der Waals surface area contributed by atoms with Crippen molar-refractivity contribution in [2.24, 2.45) is 5.92 Å². The van der Waals surface area contributed by atoms with Crippen LogP contribution in [0.25, 0.3) is 0 Å². The average Bonchev–Trinajstić information content (AvgIpc) is 2.98. The molecule has 1 aliphatic rings. The van der Waals surface area contributed by atoms with Gasteiger partial charge in [0.25, 0.3) is 0 Å². The molecule has 1 fully saturated rings. The van der Waals surface area contributed by atoms with E-state index in [9.17, 15) is 13.2 Å². The quantitative estimate of drug-likeness (QED) is 0.772. The summed E-state index contributed by atoms with van der Waals surface area (Å²) in [4.78, 5) is 15.7. The Morgan fingerprint density at radius 1 is 1.38 bits per heavy atom. The van der Waals surface area contributed by atoms with Gasteiger partial charge in [0.2, 0.25) is 10.0 Å². The predicted octanol–water partition coefficient (Wildman–Crippen LogP) is 1.58. The molecule has 1 aromatic rings. The van der Waals surface area contributed by atoms with E-state index < -0.39 is 27.2 Å². The summed E-state index contributed by atoms with van der Waals surface area (Å²) in [6.07, 6.45) is 4.88. The van der Waals surface area contributed by atoms with E-state index in [1.54, 1.807) is 31.5 Å². The average molecular weight is 312 g/mol. The molecule has 0 saturated heterocycles. The van der Waals surface area contributed by atoms with Crippen LogP contribution in [0.3, 0.4) is 0 Å². The Kier molecular flexibility index (Phi) is 4.82. The van der Waals surface area contributed by atoms with Gasteiger partial charge < -0.3 is 4.74 Å². The van der Waals surface area contributed by atoms with Gasteiger partial charge in [-0.25, -0.2) is 8.42 Å². The zero-order valence-corrected chi connectivity index (χ0v) is 13.0. The van der Waals surface area contributed by atoms with Crippen molar-refractivity contribution in [1.29, 1.82) is 0 Å². The van der Waals surface area contributed by atoms with Gasteiger partial charge >= 0.3 is 5.97 Å². The Morgan fingerprint density at radius 3 is 2.62 bits per heavy atom. The zero-order valence-electron chi connectivity index (χ0n) is 12.2. The second kappa shape index (κ2) is 6.43. The summed E-state index contributed by atoms with van der Waals surface area (Å²) in [5.74, 6) is -1.01. The minimum absolute atomic E-state index is 0.316. The number of carbonyl (C=O) groups is 1. The van der Waals surface area contributed by atoms with E-state index in [4.69, 9.17) is 4.74 Å². The van der Waals surface area contributed by atoms with Crippen LogP contribution in [0.1, 0.15) is 26.2 Å². The van der Waals surface area contributed by atoms with Crippen LogP contribution in [-0.4, -0.2) is 38.3 Å². The van der Waals surface area contributed by atoms with Crippen molar-refractivity contribution >= 4 is 21.7 Å². The lowest BCUT2D eigenvalue weighted by atomic mass is 10.1. The van der Waals surface area contributed by atoms with Gasteiger partial charge in [-0.3, -0.25) is 14.1 Å². The van der Waals surface area contributed by atoms with E-state index in [1.165, 1.54) is 11.4 Å². The third kappa shape index (κ3) is 3.02. The third-order valence-corrected chi connectivity index (χ3v) is 6.30. The van der Waals surface area contributed by atoms with Gasteiger partial charge in [-0.05, 0) is 31.9 Å². The number of nitrogens with zero attached hydrogens (tertiary/aromatic N) is 2. The molecule has 2 unspecified atom stereocenters. The number of anilines is 1. The van der Waals surface area contributed by atoms with Gasteiger partial charge in [0.15, 0.2) is 0 Å². The maximum absolute atomic E-state index is 12.9. The molecule has 1 heterocycles. The summed E-state index contributed by atoms with van der Waals surface area (Å²) in [5, 5.41) is -0.710. The van der Waals surface area contributed by atoms with Crippen LogP contribution in [-0.2, 0) is 19.6 Å². The van der Waals surface area contributed by atoms with Crippen molar-refractivity contribution in [3.8, 4) is 0 Å². The largest absolute Gasteiger partial charge is 0.469 e. The molecule has 0 bridgehead atoms. The lowest BCUT2D eigenvalue weighted by Gasteiger charge is -2.28. The molecular weight excluding hydrogens is 292 g/mol. The number of sulfonamides is 1. The van der Waals surface area contributed by atoms with E-state index in [1.807, 2.05) is 0 Å². The summed E-state index contributed by atoms with van der Waals surface area (Å²) in [7, 11) is -2.31.